The molecule has 0 unspecified atom stereocenters. The summed E-state index contributed by atoms with van der Waals surface area (Å²) in [5, 5.41) is 0. The van der Waals surface area contributed by atoms with E-state index in [0.717, 1.165) is 17.7 Å². The van der Waals surface area contributed by atoms with E-state index >= 15 is 0 Å². The third-order valence-corrected chi connectivity index (χ3v) is 6.34. The average molecular weight is 397 g/mol. The van der Waals surface area contributed by atoms with Gasteiger partial charge in [0.2, 0.25) is 10.0 Å². The second kappa shape index (κ2) is 7.92. The molecule has 0 saturated carbocycles. The maximum Gasteiger partial charge on any atom is 0.244 e. The minimum absolute atomic E-state index is 0.0618. The van der Waals surface area contributed by atoms with E-state index < -0.39 is 21.3 Å². The van der Waals surface area contributed by atoms with Crippen molar-refractivity contribution in [2.24, 2.45) is 0 Å². The van der Waals surface area contributed by atoms with Gasteiger partial charge in [-0.15, -0.1) is 0 Å². The fourth-order valence-electron chi connectivity index (χ4n) is 3.30. The first-order valence-corrected chi connectivity index (χ1v) is 10.0. The quantitative estimate of drug-likeness (QED) is 0.814. The third kappa shape index (κ3) is 4.28. The van der Waals surface area contributed by atoms with Crippen molar-refractivity contribution < 1.29 is 26.7 Å². The number of hydrogen-bond acceptors (Lipinski definition) is 4. The summed E-state index contributed by atoms with van der Waals surface area (Å²) in [6, 6.07) is 9.38. The molecule has 1 heterocycles. The highest BCUT2D eigenvalue weighted by atomic mass is 32.2. The number of halogens is 2. The minimum atomic E-state index is -4.01. The predicted molar refractivity (Wildman–Crippen MR) is 96.3 cm³/mol. The van der Waals surface area contributed by atoms with Crippen molar-refractivity contribution in [1.82, 2.24) is 4.72 Å². The molecular weight excluding hydrogens is 376 g/mol. The zero-order chi connectivity index (χ0) is 19.5. The summed E-state index contributed by atoms with van der Waals surface area (Å²) in [4.78, 5) is -0.258. The van der Waals surface area contributed by atoms with Gasteiger partial charge in [-0.1, -0.05) is 12.1 Å². The summed E-state index contributed by atoms with van der Waals surface area (Å²) < 4.78 is 65.5. The van der Waals surface area contributed by atoms with E-state index in [2.05, 4.69) is 4.72 Å². The van der Waals surface area contributed by atoms with Crippen molar-refractivity contribution in [1.29, 1.82) is 0 Å². The molecule has 0 aromatic heterocycles. The largest absolute Gasteiger partial charge is 0.495 e. The Labute approximate surface area is 157 Å². The van der Waals surface area contributed by atoms with E-state index in [9.17, 15) is 17.2 Å². The second-order valence-electron chi connectivity index (χ2n) is 6.52. The van der Waals surface area contributed by atoms with Crippen LogP contribution >= 0.6 is 0 Å². The molecule has 8 heteroatoms. The molecule has 1 saturated heterocycles. The molecule has 0 aliphatic carbocycles. The maximum absolute atomic E-state index is 13.6. The van der Waals surface area contributed by atoms with Crippen molar-refractivity contribution in [3.05, 3.63) is 59.7 Å². The minimum Gasteiger partial charge on any atom is -0.495 e. The SMILES string of the molecule is COc1ccc(F)cc1S(=O)(=O)NCC1(c2ccc(F)cc2)CCOCC1. The molecule has 146 valence electrons. The fourth-order valence-corrected chi connectivity index (χ4v) is 4.61. The van der Waals surface area contributed by atoms with Crippen LogP contribution in [0.4, 0.5) is 8.78 Å². The van der Waals surface area contributed by atoms with Gasteiger partial charge >= 0.3 is 0 Å². The Morgan fingerprint density at radius 3 is 2.33 bits per heavy atom. The number of nitrogens with one attached hydrogen (secondary N) is 1. The van der Waals surface area contributed by atoms with Gasteiger partial charge in [-0.3, -0.25) is 0 Å². The van der Waals surface area contributed by atoms with E-state index in [1.54, 1.807) is 12.1 Å². The molecule has 0 spiro atoms. The van der Waals surface area contributed by atoms with Crippen LogP contribution in [0.1, 0.15) is 18.4 Å². The first-order valence-electron chi connectivity index (χ1n) is 8.53. The highest BCUT2D eigenvalue weighted by molar-refractivity contribution is 7.89. The summed E-state index contributed by atoms with van der Waals surface area (Å²) in [6.07, 6.45) is 1.17. The van der Waals surface area contributed by atoms with E-state index in [1.165, 1.54) is 25.3 Å². The number of methoxy groups -OCH3 is 1. The summed E-state index contributed by atoms with van der Waals surface area (Å²) in [5.41, 5.74) is 0.306. The van der Waals surface area contributed by atoms with Crippen molar-refractivity contribution in [3.8, 4) is 5.75 Å². The highest BCUT2D eigenvalue weighted by Crippen LogP contribution is 2.35. The number of sulfonamides is 1. The molecule has 0 bridgehead atoms. The van der Waals surface area contributed by atoms with Crippen LogP contribution in [0.15, 0.2) is 47.4 Å². The van der Waals surface area contributed by atoms with Gasteiger partial charge in [-0.25, -0.2) is 21.9 Å². The second-order valence-corrected chi connectivity index (χ2v) is 8.25. The Bertz CT molecular complexity index is 894. The van der Waals surface area contributed by atoms with Crippen molar-refractivity contribution in [2.75, 3.05) is 26.9 Å². The molecular formula is C19H21F2NO4S. The monoisotopic (exact) mass is 397 g/mol. The molecule has 1 N–H and O–H groups in total. The predicted octanol–water partition coefficient (Wildman–Crippen LogP) is 3.00. The molecule has 3 rings (SSSR count). The number of hydrogen-bond donors (Lipinski definition) is 1. The van der Waals surface area contributed by atoms with Crippen molar-refractivity contribution in [3.63, 3.8) is 0 Å². The van der Waals surface area contributed by atoms with E-state index in [0.29, 0.717) is 26.1 Å². The van der Waals surface area contributed by atoms with Crippen LogP contribution in [0.25, 0.3) is 0 Å². The van der Waals surface area contributed by atoms with Gasteiger partial charge in [0.1, 0.15) is 22.3 Å². The van der Waals surface area contributed by atoms with Gasteiger partial charge in [0.15, 0.2) is 0 Å². The molecule has 27 heavy (non-hydrogen) atoms. The zero-order valence-corrected chi connectivity index (χ0v) is 15.7. The van der Waals surface area contributed by atoms with Gasteiger partial charge in [0.25, 0.3) is 0 Å². The smallest absolute Gasteiger partial charge is 0.244 e. The number of ether oxygens (including phenoxy) is 2. The van der Waals surface area contributed by atoms with Crippen LogP contribution in [0.2, 0.25) is 0 Å². The number of benzene rings is 2. The van der Waals surface area contributed by atoms with E-state index in [4.69, 9.17) is 9.47 Å². The molecule has 1 aliphatic heterocycles. The lowest BCUT2D eigenvalue weighted by molar-refractivity contribution is 0.0517. The number of rotatable bonds is 6. The van der Waals surface area contributed by atoms with Crippen LogP contribution in [0.3, 0.4) is 0 Å². The molecule has 0 atom stereocenters. The normalized spacial score (nSPS) is 16.9. The molecule has 2 aromatic carbocycles. The van der Waals surface area contributed by atoms with Crippen LogP contribution in [0.5, 0.6) is 5.75 Å². The van der Waals surface area contributed by atoms with Gasteiger partial charge in [-0.05, 0) is 48.7 Å². The summed E-state index contributed by atoms with van der Waals surface area (Å²) in [6.45, 7) is 1.04. The topological polar surface area (TPSA) is 64.6 Å². The van der Waals surface area contributed by atoms with Crippen LogP contribution in [0, 0.1) is 11.6 Å². The Morgan fingerprint density at radius 2 is 1.70 bits per heavy atom. The van der Waals surface area contributed by atoms with E-state index in [1.807, 2.05) is 0 Å². The first kappa shape index (κ1) is 19.7. The molecule has 1 fully saturated rings. The molecule has 1 aliphatic rings. The average Bonchev–Trinajstić information content (AvgIpc) is 2.68. The van der Waals surface area contributed by atoms with Crippen LogP contribution in [-0.2, 0) is 20.2 Å². The standard InChI is InChI=1S/C19H21F2NO4S/c1-25-17-7-6-16(21)12-18(17)27(23,24)22-13-19(8-10-26-11-9-19)14-2-4-15(20)5-3-14/h2-7,12,22H,8-11,13H2,1H3. The Balaban J connectivity index is 1.89. The van der Waals surface area contributed by atoms with Gasteiger partial charge in [-0.2, -0.15) is 0 Å². The van der Waals surface area contributed by atoms with Gasteiger partial charge < -0.3 is 9.47 Å². The van der Waals surface area contributed by atoms with Crippen molar-refractivity contribution >= 4 is 10.0 Å². The Morgan fingerprint density at radius 1 is 1.07 bits per heavy atom. The summed E-state index contributed by atoms with van der Waals surface area (Å²) in [7, 11) is -2.68. The van der Waals surface area contributed by atoms with Gasteiger partial charge in [0.05, 0.1) is 7.11 Å². The lowest BCUT2D eigenvalue weighted by Crippen LogP contribution is -2.44. The molecule has 5 nitrogen and oxygen atoms in total. The highest BCUT2D eigenvalue weighted by Gasteiger charge is 2.36. The summed E-state index contributed by atoms with van der Waals surface area (Å²) >= 11 is 0. The van der Waals surface area contributed by atoms with Crippen LogP contribution in [-0.4, -0.2) is 35.3 Å². The molecule has 0 amide bonds. The zero-order valence-electron chi connectivity index (χ0n) is 14.9. The third-order valence-electron chi connectivity index (χ3n) is 4.92. The van der Waals surface area contributed by atoms with Crippen molar-refractivity contribution in [2.45, 2.75) is 23.2 Å². The fraction of sp³-hybridized carbons (Fsp3) is 0.368. The molecule has 2 aromatic rings. The summed E-state index contributed by atoms with van der Waals surface area (Å²) in [5.74, 6) is -0.965. The maximum atomic E-state index is 13.6. The first-order chi connectivity index (χ1) is 12.9. The Kier molecular flexibility index (Phi) is 5.78. The van der Waals surface area contributed by atoms with Crippen LogP contribution < -0.4 is 9.46 Å². The lowest BCUT2D eigenvalue weighted by atomic mass is 9.74. The van der Waals surface area contributed by atoms with Gasteiger partial charge in [0, 0.05) is 25.2 Å². The molecule has 0 radical (unpaired) electrons. The van der Waals surface area contributed by atoms with E-state index in [-0.39, 0.29) is 23.0 Å². The Hall–Kier alpha value is -2.03. The lowest BCUT2D eigenvalue weighted by Gasteiger charge is -2.38.